The van der Waals surface area contributed by atoms with Crippen LogP contribution in [0.25, 0.3) is 0 Å². The molecular formula is C94H146. The van der Waals surface area contributed by atoms with Gasteiger partial charge in [0.1, 0.15) is 0 Å². The molecule has 0 heteroatoms. The molecule has 522 valence electrons. The van der Waals surface area contributed by atoms with Crippen molar-refractivity contribution in [3.8, 4) is 0 Å². The molecule has 0 aliphatic rings. The summed E-state index contributed by atoms with van der Waals surface area (Å²) >= 11 is 0. The van der Waals surface area contributed by atoms with E-state index in [0.29, 0.717) is 58.8 Å². The summed E-state index contributed by atoms with van der Waals surface area (Å²) in [6, 6.07) is 45.0. The third kappa shape index (κ3) is 32.1. The zero-order chi connectivity index (χ0) is 75.1. The molecule has 0 aliphatic carbocycles. The lowest BCUT2D eigenvalue weighted by Gasteiger charge is -2.27. The second-order valence-electron chi connectivity index (χ2n) is 33.6. The number of hydrogen-bond donors (Lipinski definition) is 0. The van der Waals surface area contributed by atoms with Crippen molar-refractivity contribution >= 4 is 0 Å². The highest BCUT2D eigenvalue weighted by atomic mass is 14.3. The van der Waals surface area contributed by atoms with Crippen LogP contribution >= 0.6 is 0 Å². The number of benzene rings is 7. The maximum absolute atomic E-state index is 7.38. The summed E-state index contributed by atoms with van der Waals surface area (Å²) in [4.78, 5) is 0. The van der Waals surface area contributed by atoms with Gasteiger partial charge < -0.3 is 0 Å². The Morgan fingerprint density at radius 1 is 0.266 bits per heavy atom. The Balaban J connectivity index is 0.000000570. The van der Waals surface area contributed by atoms with E-state index in [4.69, 9.17) is 4.11 Å². The molecule has 0 heterocycles. The summed E-state index contributed by atoms with van der Waals surface area (Å²) in [6.07, 6.45) is 2.40. The average Bonchev–Trinajstić information content (AvgIpc) is 0.814. The fourth-order valence-electron chi connectivity index (χ4n) is 12.2. The lowest BCUT2D eigenvalue weighted by atomic mass is 9.78. The van der Waals surface area contributed by atoms with Crippen LogP contribution in [0.4, 0.5) is 0 Å². The first-order valence-electron chi connectivity index (χ1n) is 38.1. The molecule has 0 aliphatic heterocycles. The number of aryl methyl sites for hydroxylation is 9. The Morgan fingerprint density at radius 3 is 0.755 bits per heavy atom. The monoisotopic (exact) mass is 1280 g/mol. The average molecular weight is 1280 g/mol. The van der Waals surface area contributed by atoms with E-state index < -0.39 is 6.85 Å². The van der Waals surface area contributed by atoms with Crippen LogP contribution in [0.1, 0.15) is 374 Å². The van der Waals surface area contributed by atoms with Gasteiger partial charge in [0, 0.05) is 4.11 Å². The molecule has 7 aromatic carbocycles. The Kier molecular flexibility index (Phi) is 34.7. The van der Waals surface area contributed by atoms with E-state index in [2.05, 4.69) is 345 Å². The van der Waals surface area contributed by atoms with Crippen LogP contribution in [-0.2, 0) is 23.7 Å². The highest BCUT2D eigenvalue weighted by molar-refractivity contribution is 5.42. The molecule has 0 unspecified atom stereocenters. The van der Waals surface area contributed by atoms with Gasteiger partial charge in [-0.25, -0.2) is 0 Å². The van der Waals surface area contributed by atoms with Crippen LogP contribution in [0.15, 0.2) is 121 Å². The molecule has 0 saturated carbocycles. The molecule has 0 aromatic heterocycles. The van der Waals surface area contributed by atoms with Gasteiger partial charge in [-0.2, -0.15) is 0 Å². The normalized spacial score (nSPS) is 12.1. The number of hydrogen-bond acceptors (Lipinski definition) is 0. The van der Waals surface area contributed by atoms with E-state index >= 15 is 0 Å². The van der Waals surface area contributed by atoms with Crippen molar-refractivity contribution in [1.29, 1.82) is 0 Å². The predicted octanol–water partition coefficient (Wildman–Crippen LogP) is 29.7. The predicted molar refractivity (Wildman–Crippen MR) is 429 cm³/mol. The lowest BCUT2D eigenvalue weighted by molar-refractivity contribution is 0.565. The van der Waals surface area contributed by atoms with Gasteiger partial charge in [0.2, 0.25) is 0 Å². The molecule has 0 bridgehead atoms. The summed E-state index contributed by atoms with van der Waals surface area (Å²) in [5, 5.41) is 0. The van der Waals surface area contributed by atoms with E-state index in [1.54, 1.807) is 12.1 Å². The highest BCUT2D eigenvalue weighted by Gasteiger charge is 2.21. The Morgan fingerprint density at radius 2 is 0.521 bits per heavy atom. The molecule has 7 aromatic rings. The second-order valence-corrected chi connectivity index (χ2v) is 33.6. The first kappa shape index (κ1) is 81.0. The summed E-state index contributed by atoms with van der Waals surface area (Å²) in [7, 11) is 0. The minimum Gasteiger partial charge on any atom is -0.0625 e. The standard InChI is InChI=1S/2C17H28.C15H24.C12H18.3C11H16/c1-12(2)13-9-14(16(3,4)5)11-15(10-13)17(6,7)8;1-12(2)7-15-9-16(8-13(3)4)11-17(10-15)14(5)6;1-10(2)13-7-14(11(3)4)9-15(8-13)12(5)6;1-8(2)12-10(4)6-9(3)7-11(12)5;2*1-8(2)11-6-9(3)5-10(4)7-11;1-8(2)11-9(3)6-5-7-10(11)4/h9-12H,1-8H3;9-14H,7-8H2,1-6H3;7-12H,1-6H3;6-8H,1-5H3;3*5-8H,1-4H3/i;;;3D3;;;. The van der Waals surface area contributed by atoms with E-state index in [1.807, 2.05) is 13.8 Å². The Labute approximate surface area is 589 Å². The van der Waals surface area contributed by atoms with Gasteiger partial charge in [-0.3, -0.25) is 0 Å². The van der Waals surface area contributed by atoms with Gasteiger partial charge >= 0.3 is 0 Å². The molecule has 0 radical (unpaired) electrons. The summed E-state index contributed by atoms with van der Waals surface area (Å²) < 4.78 is 22.1. The van der Waals surface area contributed by atoms with Crippen LogP contribution < -0.4 is 0 Å². The van der Waals surface area contributed by atoms with Gasteiger partial charge in [-0.1, -0.05) is 343 Å². The molecule has 0 nitrogen and oxygen atoms in total. The topological polar surface area (TPSA) is 0 Å². The van der Waals surface area contributed by atoms with Gasteiger partial charge in [0.15, 0.2) is 0 Å². The van der Waals surface area contributed by atoms with E-state index in [9.17, 15) is 0 Å². The van der Waals surface area contributed by atoms with Crippen LogP contribution in [0.3, 0.4) is 0 Å². The van der Waals surface area contributed by atoms with Crippen molar-refractivity contribution < 1.29 is 4.11 Å². The zero-order valence-corrected chi connectivity index (χ0v) is 67.8. The van der Waals surface area contributed by atoms with E-state index in [1.165, 1.54) is 119 Å². The molecule has 0 saturated heterocycles. The lowest BCUT2D eigenvalue weighted by Crippen LogP contribution is -2.17. The van der Waals surface area contributed by atoms with Crippen LogP contribution in [-0.4, -0.2) is 0 Å². The minimum atomic E-state index is -2.00. The molecule has 94 heavy (non-hydrogen) atoms. The molecule has 0 atom stereocenters. The SMILES string of the molecule is CC(C)Cc1cc(CC(C)C)cc(C(C)C)c1.CC(C)c1cc(C(C)(C)C)cc(C(C)(C)C)c1.CC(C)c1cc(C(C)C)cc(C(C)C)c1.Cc1cc(C)cc(C(C)C)c1.Cc1cc(C)cc(C(C)C)c1.Cc1cccc(C)c1C(C)C.[2H]C([2H])([2H])c1cc(C)c(C(C)C)c(C)c1. The van der Waals surface area contributed by atoms with Crippen molar-refractivity contribution in [2.75, 3.05) is 0 Å². The molecule has 0 amide bonds. The third-order valence-electron chi connectivity index (χ3n) is 17.5. The second kappa shape index (κ2) is 40.3. The van der Waals surface area contributed by atoms with Crippen LogP contribution in [0, 0.1) is 74.1 Å². The molecule has 7 rings (SSSR count). The maximum Gasteiger partial charge on any atom is 0.0280 e. The summed E-state index contributed by atoms with van der Waals surface area (Å²) in [6.45, 7) is 78.3. The van der Waals surface area contributed by atoms with E-state index in [-0.39, 0.29) is 10.8 Å². The van der Waals surface area contributed by atoms with E-state index in [0.717, 1.165) is 23.0 Å². The van der Waals surface area contributed by atoms with Crippen molar-refractivity contribution in [1.82, 2.24) is 0 Å². The Hall–Kier alpha value is -5.46. The summed E-state index contributed by atoms with van der Waals surface area (Å²) in [5.74, 6) is 6.97. The fourth-order valence-corrected chi connectivity index (χ4v) is 12.2. The zero-order valence-electron chi connectivity index (χ0n) is 70.8. The van der Waals surface area contributed by atoms with Crippen molar-refractivity contribution in [3.05, 3.63) is 244 Å². The largest absolute Gasteiger partial charge is 0.0625 e. The smallest absolute Gasteiger partial charge is 0.0280 e. The van der Waals surface area contributed by atoms with Crippen molar-refractivity contribution in [2.45, 2.75) is 333 Å². The van der Waals surface area contributed by atoms with Gasteiger partial charge in [-0.15, -0.1) is 0 Å². The quantitative estimate of drug-likeness (QED) is 0.108. The molecule has 0 fully saturated rings. The fraction of sp³-hybridized carbons (Fsp3) is 0.553. The molecule has 0 spiro atoms. The summed E-state index contributed by atoms with van der Waals surface area (Å²) in [5.41, 5.74) is 30.4. The third-order valence-corrected chi connectivity index (χ3v) is 17.5. The Bertz CT molecular complexity index is 3170. The van der Waals surface area contributed by atoms with Crippen molar-refractivity contribution in [3.63, 3.8) is 0 Å². The first-order valence-corrected chi connectivity index (χ1v) is 36.6. The van der Waals surface area contributed by atoms with Gasteiger partial charge in [0.25, 0.3) is 0 Å². The number of rotatable bonds is 13. The van der Waals surface area contributed by atoms with Crippen molar-refractivity contribution in [2.24, 2.45) is 11.8 Å². The van der Waals surface area contributed by atoms with Gasteiger partial charge in [-0.05, 0) is 246 Å². The highest BCUT2D eigenvalue weighted by Crippen LogP contribution is 2.34. The van der Waals surface area contributed by atoms with Crippen LogP contribution in [0.2, 0.25) is 0 Å². The minimum absolute atomic E-state index is 0.227. The molecular weight excluding hydrogens is 1130 g/mol. The van der Waals surface area contributed by atoms with Gasteiger partial charge in [0.05, 0.1) is 0 Å². The molecule has 0 N–H and O–H groups in total. The first-order chi connectivity index (χ1) is 44.3. The maximum atomic E-state index is 7.38. The van der Waals surface area contributed by atoms with Crippen LogP contribution in [0.5, 0.6) is 0 Å².